The Morgan fingerprint density at radius 2 is 1.94 bits per heavy atom. The third-order valence-corrected chi connectivity index (χ3v) is 4.29. The van der Waals surface area contributed by atoms with Crippen LogP contribution in [0.2, 0.25) is 0 Å². The number of hydrogen-bond acceptors (Lipinski definition) is 2. The van der Waals surface area contributed by atoms with Crippen LogP contribution in [0.1, 0.15) is 37.4 Å². The van der Waals surface area contributed by atoms with Gasteiger partial charge in [0.2, 0.25) is 0 Å². The van der Waals surface area contributed by atoms with Gasteiger partial charge in [-0.3, -0.25) is 0 Å². The van der Waals surface area contributed by atoms with Crippen LogP contribution in [0.4, 0.5) is 8.78 Å². The molecule has 0 fully saturated rings. The summed E-state index contributed by atoms with van der Waals surface area (Å²) in [7, 11) is 0. The number of nitrogens with two attached hydrogens (primary N) is 1. The molecule has 96 valence electrons. The minimum atomic E-state index is -0.803. The Balaban J connectivity index is 2.76. The summed E-state index contributed by atoms with van der Waals surface area (Å²) in [6.45, 7) is 5.74. The van der Waals surface area contributed by atoms with Gasteiger partial charge in [-0.2, -0.15) is 11.8 Å². The van der Waals surface area contributed by atoms with Gasteiger partial charge in [-0.15, -0.1) is 0 Å². The van der Waals surface area contributed by atoms with Gasteiger partial charge in [0, 0.05) is 22.6 Å². The molecule has 1 aromatic rings. The second-order valence-corrected chi connectivity index (χ2v) is 5.73. The smallest absolute Gasteiger partial charge is 0.163 e. The average Bonchev–Trinajstić information content (AvgIpc) is 2.32. The third-order valence-electron chi connectivity index (χ3n) is 2.84. The minimum absolute atomic E-state index is 0.268. The lowest BCUT2D eigenvalue weighted by atomic mass is 10.1. The second-order valence-electron chi connectivity index (χ2n) is 4.26. The Bertz CT molecular complexity index is 382. The number of rotatable bonds is 5. The Hall–Kier alpha value is -0.610. The Kier molecular flexibility index (Phi) is 5.40. The zero-order chi connectivity index (χ0) is 13.0. The first kappa shape index (κ1) is 14.5. The van der Waals surface area contributed by atoms with Crippen molar-refractivity contribution >= 4 is 11.8 Å². The molecule has 0 saturated carbocycles. The van der Waals surface area contributed by atoms with Gasteiger partial charge in [-0.1, -0.05) is 26.0 Å². The predicted octanol–water partition coefficient (Wildman–Crippen LogP) is 3.80. The van der Waals surface area contributed by atoms with Crippen molar-refractivity contribution in [2.24, 2.45) is 5.73 Å². The SMILES string of the molecule is CCC(C)SCC(N)c1ccc(C)c(F)c1F. The van der Waals surface area contributed by atoms with Gasteiger partial charge in [-0.25, -0.2) is 8.78 Å². The van der Waals surface area contributed by atoms with E-state index in [1.165, 1.54) is 0 Å². The van der Waals surface area contributed by atoms with Crippen molar-refractivity contribution in [3.63, 3.8) is 0 Å². The van der Waals surface area contributed by atoms with E-state index >= 15 is 0 Å². The average molecular weight is 259 g/mol. The lowest BCUT2D eigenvalue weighted by Gasteiger charge is -2.16. The van der Waals surface area contributed by atoms with Gasteiger partial charge < -0.3 is 5.73 Å². The molecule has 2 unspecified atom stereocenters. The standard InChI is InChI=1S/C13H19F2NS/c1-4-9(3)17-7-11(16)10-6-5-8(2)12(14)13(10)15/h5-6,9,11H,4,7,16H2,1-3H3. The maximum Gasteiger partial charge on any atom is 0.163 e. The van der Waals surface area contributed by atoms with Crippen LogP contribution >= 0.6 is 11.8 Å². The minimum Gasteiger partial charge on any atom is -0.323 e. The van der Waals surface area contributed by atoms with E-state index in [0.29, 0.717) is 16.6 Å². The van der Waals surface area contributed by atoms with Gasteiger partial charge in [-0.05, 0) is 18.9 Å². The van der Waals surface area contributed by atoms with Crippen molar-refractivity contribution in [3.8, 4) is 0 Å². The molecular weight excluding hydrogens is 240 g/mol. The summed E-state index contributed by atoms with van der Waals surface area (Å²) in [4.78, 5) is 0. The molecule has 0 heterocycles. The van der Waals surface area contributed by atoms with Gasteiger partial charge in [0.1, 0.15) is 0 Å². The highest BCUT2D eigenvalue weighted by Crippen LogP contribution is 2.25. The monoisotopic (exact) mass is 259 g/mol. The van der Waals surface area contributed by atoms with E-state index in [1.807, 2.05) is 0 Å². The van der Waals surface area contributed by atoms with Crippen molar-refractivity contribution in [1.29, 1.82) is 0 Å². The maximum atomic E-state index is 13.7. The first-order valence-corrected chi connectivity index (χ1v) is 6.83. The van der Waals surface area contributed by atoms with Gasteiger partial charge in [0.15, 0.2) is 11.6 Å². The number of hydrogen-bond donors (Lipinski definition) is 1. The van der Waals surface area contributed by atoms with Crippen LogP contribution in [-0.2, 0) is 0 Å². The molecule has 0 saturated heterocycles. The van der Waals surface area contributed by atoms with Crippen molar-refractivity contribution < 1.29 is 8.78 Å². The Morgan fingerprint density at radius 1 is 1.29 bits per heavy atom. The van der Waals surface area contributed by atoms with E-state index in [9.17, 15) is 8.78 Å². The van der Waals surface area contributed by atoms with Crippen LogP contribution in [0.25, 0.3) is 0 Å². The number of thioether (sulfide) groups is 1. The van der Waals surface area contributed by atoms with Crippen molar-refractivity contribution in [1.82, 2.24) is 0 Å². The summed E-state index contributed by atoms with van der Waals surface area (Å²) in [5.41, 5.74) is 6.47. The lowest BCUT2D eigenvalue weighted by Crippen LogP contribution is -2.17. The summed E-state index contributed by atoms with van der Waals surface area (Å²) in [5, 5.41) is 0.486. The van der Waals surface area contributed by atoms with Crippen molar-refractivity contribution in [2.45, 2.75) is 38.5 Å². The van der Waals surface area contributed by atoms with Gasteiger partial charge in [0.25, 0.3) is 0 Å². The maximum absolute atomic E-state index is 13.7. The van der Waals surface area contributed by atoms with Gasteiger partial charge in [0.05, 0.1) is 0 Å². The fourth-order valence-electron chi connectivity index (χ4n) is 1.42. The summed E-state index contributed by atoms with van der Waals surface area (Å²) in [6.07, 6.45) is 1.04. The summed E-state index contributed by atoms with van der Waals surface area (Å²) >= 11 is 1.68. The zero-order valence-electron chi connectivity index (χ0n) is 10.5. The van der Waals surface area contributed by atoms with E-state index < -0.39 is 17.7 Å². The third kappa shape index (κ3) is 3.68. The molecule has 0 aliphatic rings. The molecule has 1 rings (SSSR count). The number of halogens is 2. The zero-order valence-corrected chi connectivity index (χ0v) is 11.3. The fraction of sp³-hybridized carbons (Fsp3) is 0.538. The van der Waals surface area contributed by atoms with E-state index in [0.717, 1.165) is 6.42 Å². The molecule has 0 radical (unpaired) electrons. The first-order valence-electron chi connectivity index (χ1n) is 5.79. The molecular formula is C13H19F2NS. The van der Waals surface area contributed by atoms with E-state index in [1.54, 1.807) is 30.8 Å². The van der Waals surface area contributed by atoms with Crippen LogP contribution in [0, 0.1) is 18.6 Å². The first-order chi connectivity index (χ1) is 7.97. The molecule has 0 aliphatic carbocycles. The van der Waals surface area contributed by atoms with E-state index in [2.05, 4.69) is 13.8 Å². The molecule has 1 aromatic carbocycles. The van der Waals surface area contributed by atoms with E-state index in [4.69, 9.17) is 5.73 Å². The van der Waals surface area contributed by atoms with Crippen LogP contribution in [0.5, 0.6) is 0 Å². The largest absolute Gasteiger partial charge is 0.323 e. The molecule has 17 heavy (non-hydrogen) atoms. The molecule has 0 bridgehead atoms. The van der Waals surface area contributed by atoms with Crippen LogP contribution < -0.4 is 5.73 Å². The Labute approximate surface area is 106 Å². The number of aryl methyl sites for hydroxylation is 1. The van der Waals surface area contributed by atoms with Crippen LogP contribution in [0.3, 0.4) is 0 Å². The highest BCUT2D eigenvalue weighted by Gasteiger charge is 2.17. The quantitative estimate of drug-likeness (QED) is 0.870. The molecule has 0 amide bonds. The topological polar surface area (TPSA) is 26.0 Å². The highest BCUT2D eigenvalue weighted by atomic mass is 32.2. The Morgan fingerprint density at radius 3 is 2.53 bits per heavy atom. The van der Waals surface area contributed by atoms with Crippen LogP contribution in [0.15, 0.2) is 12.1 Å². The van der Waals surface area contributed by atoms with E-state index in [-0.39, 0.29) is 5.56 Å². The molecule has 0 spiro atoms. The molecule has 0 aromatic heterocycles. The summed E-state index contributed by atoms with van der Waals surface area (Å²) < 4.78 is 27.0. The normalized spacial score (nSPS) is 14.7. The molecule has 0 aliphatic heterocycles. The fourth-order valence-corrected chi connectivity index (χ4v) is 2.37. The van der Waals surface area contributed by atoms with Gasteiger partial charge >= 0.3 is 0 Å². The second kappa shape index (κ2) is 6.36. The highest BCUT2D eigenvalue weighted by molar-refractivity contribution is 7.99. The van der Waals surface area contributed by atoms with Crippen LogP contribution in [-0.4, -0.2) is 11.0 Å². The summed E-state index contributed by atoms with van der Waals surface area (Å²) in [5.74, 6) is -0.984. The summed E-state index contributed by atoms with van der Waals surface area (Å²) in [6, 6.07) is 2.70. The van der Waals surface area contributed by atoms with Crippen molar-refractivity contribution in [3.05, 3.63) is 34.9 Å². The number of benzene rings is 1. The molecule has 4 heteroatoms. The lowest BCUT2D eigenvalue weighted by molar-refractivity contribution is 0.487. The van der Waals surface area contributed by atoms with Crippen molar-refractivity contribution in [2.75, 3.05) is 5.75 Å². The molecule has 2 atom stereocenters. The molecule has 2 N–H and O–H groups in total. The predicted molar refractivity (Wildman–Crippen MR) is 70.2 cm³/mol. The molecule has 1 nitrogen and oxygen atoms in total.